The van der Waals surface area contributed by atoms with Crippen LogP contribution in [0.15, 0.2) is 30.5 Å². The third-order valence-corrected chi connectivity index (χ3v) is 4.58. The highest BCUT2D eigenvalue weighted by Crippen LogP contribution is 2.31. The summed E-state index contributed by atoms with van der Waals surface area (Å²) >= 11 is 6.20. The van der Waals surface area contributed by atoms with Crippen molar-refractivity contribution in [2.45, 2.75) is 40.2 Å². The Morgan fingerprint density at radius 2 is 1.92 bits per heavy atom. The molecule has 2 heterocycles. The molecule has 1 aromatic carbocycles. The Balaban J connectivity index is 0.00000208. The van der Waals surface area contributed by atoms with Crippen LogP contribution in [-0.4, -0.2) is 9.97 Å². The summed E-state index contributed by atoms with van der Waals surface area (Å²) in [6.07, 6.45) is 4.06. The van der Waals surface area contributed by atoms with Crippen molar-refractivity contribution in [3.05, 3.63) is 57.9 Å². The summed E-state index contributed by atoms with van der Waals surface area (Å²) in [6, 6.07) is 7.72. The Morgan fingerprint density at radius 1 is 1.17 bits per heavy atom. The number of aromatic amines is 1. The molecule has 128 valence electrons. The maximum Gasteiger partial charge on any atom is 0.238 e. The molecule has 0 aliphatic rings. The van der Waals surface area contributed by atoms with E-state index < -0.39 is 0 Å². The third kappa shape index (κ3) is 3.52. The monoisotopic (exact) mass is 364 g/mol. The van der Waals surface area contributed by atoms with Gasteiger partial charge in [-0.15, -0.1) is 12.4 Å². The largest absolute Gasteiger partial charge is 0.471 e. The second-order valence-electron chi connectivity index (χ2n) is 5.84. The standard InChI is InChI=1S/C19H21ClN2O.ClH/c1-4-7-14-10-21-19(18-17(14)12(2)13(3)22-18)23-11-15-8-5-6-9-16(15)20;/h5-6,8-10,22H,4,7,11H2,1-3H3;1H. The predicted molar refractivity (Wildman–Crippen MR) is 103 cm³/mol. The zero-order valence-corrected chi connectivity index (χ0v) is 15.7. The van der Waals surface area contributed by atoms with E-state index in [1.165, 1.54) is 16.5 Å². The van der Waals surface area contributed by atoms with Crippen molar-refractivity contribution in [2.75, 3.05) is 0 Å². The van der Waals surface area contributed by atoms with E-state index >= 15 is 0 Å². The highest BCUT2D eigenvalue weighted by atomic mass is 35.5. The van der Waals surface area contributed by atoms with E-state index in [0.717, 1.165) is 29.6 Å². The molecule has 3 rings (SSSR count). The number of aromatic nitrogens is 2. The number of H-pyrrole nitrogens is 1. The minimum Gasteiger partial charge on any atom is -0.471 e. The van der Waals surface area contributed by atoms with E-state index in [2.05, 4.69) is 30.7 Å². The molecule has 0 atom stereocenters. The number of hydrogen-bond donors (Lipinski definition) is 1. The second kappa shape index (κ2) is 7.91. The van der Waals surface area contributed by atoms with Gasteiger partial charge in [0.05, 0.1) is 0 Å². The number of aryl methyl sites for hydroxylation is 3. The van der Waals surface area contributed by atoms with Crippen molar-refractivity contribution >= 4 is 34.9 Å². The highest BCUT2D eigenvalue weighted by molar-refractivity contribution is 6.31. The molecule has 0 aliphatic carbocycles. The molecule has 3 aromatic rings. The number of fused-ring (bicyclic) bond motifs is 1. The van der Waals surface area contributed by atoms with Crippen molar-refractivity contribution in [3.63, 3.8) is 0 Å². The third-order valence-electron chi connectivity index (χ3n) is 4.21. The van der Waals surface area contributed by atoms with Gasteiger partial charge in [0, 0.05) is 27.9 Å². The molecule has 0 spiro atoms. The fraction of sp³-hybridized carbons (Fsp3) is 0.316. The normalized spacial score (nSPS) is 10.7. The summed E-state index contributed by atoms with van der Waals surface area (Å²) < 4.78 is 5.96. The van der Waals surface area contributed by atoms with Crippen LogP contribution in [0.3, 0.4) is 0 Å². The van der Waals surface area contributed by atoms with Gasteiger partial charge in [-0.2, -0.15) is 0 Å². The van der Waals surface area contributed by atoms with Gasteiger partial charge in [0.1, 0.15) is 12.1 Å². The van der Waals surface area contributed by atoms with Gasteiger partial charge in [-0.05, 0) is 37.5 Å². The molecule has 0 unspecified atom stereocenters. The number of pyridine rings is 1. The Bertz CT molecular complexity index is 843. The molecular weight excluding hydrogens is 343 g/mol. The highest BCUT2D eigenvalue weighted by Gasteiger charge is 2.15. The number of benzene rings is 1. The van der Waals surface area contributed by atoms with E-state index in [0.29, 0.717) is 17.5 Å². The van der Waals surface area contributed by atoms with Crippen LogP contribution in [0.4, 0.5) is 0 Å². The smallest absolute Gasteiger partial charge is 0.238 e. The van der Waals surface area contributed by atoms with Crippen LogP contribution in [-0.2, 0) is 13.0 Å². The lowest BCUT2D eigenvalue weighted by Crippen LogP contribution is -2.00. The fourth-order valence-corrected chi connectivity index (χ4v) is 3.07. The molecule has 2 aromatic heterocycles. The summed E-state index contributed by atoms with van der Waals surface area (Å²) in [4.78, 5) is 7.95. The van der Waals surface area contributed by atoms with Crippen molar-refractivity contribution in [1.29, 1.82) is 0 Å². The van der Waals surface area contributed by atoms with Crippen molar-refractivity contribution in [2.24, 2.45) is 0 Å². The van der Waals surface area contributed by atoms with Crippen LogP contribution >= 0.6 is 24.0 Å². The van der Waals surface area contributed by atoms with Crippen LogP contribution in [0.2, 0.25) is 5.02 Å². The summed E-state index contributed by atoms with van der Waals surface area (Å²) in [5, 5.41) is 1.96. The Hall–Kier alpha value is -1.71. The Kier molecular flexibility index (Phi) is 6.14. The number of ether oxygens (including phenoxy) is 1. The van der Waals surface area contributed by atoms with Gasteiger partial charge < -0.3 is 9.72 Å². The molecule has 0 saturated carbocycles. The van der Waals surface area contributed by atoms with Crippen molar-refractivity contribution < 1.29 is 4.74 Å². The van der Waals surface area contributed by atoms with Crippen LogP contribution in [0.25, 0.3) is 10.9 Å². The first-order valence-corrected chi connectivity index (χ1v) is 8.32. The maximum absolute atomic E-state index is 6.20. The molecule has 0 radical (unpaired) electrons. The summed E-state index contributed by atoms with van der Waals surface area (Å²) in [7, 11) is 0. The quantitative estimate of drug-likeness (QED) is 0.622. The van der Waals surface area contributed by atoms with Gasteiger partial charge in [0.2, 0.25) is 5.88 Å². The Labute approximate surface area is 153 Å². The van der Waals surface area contributed by atoms with Gasteiger partial charge in [-0.25, -0.2) is 4.98 Å². The lowest BCUT2D eigenvalue weighted by atomic mass is 10.0. The van der Waals surface area contributed by atoms with Gasteiger partial charge in [-0.3, -0.25) is 0 Å². The Morgan fingerprint density at radius 3 is 2.62 bits per heavy atom. The molecule has 3 nitrogen and oxygen atoms in total. The minimum atomic E-state index is 0. The molecule has 5 heteroatoms. The molecule has 0 aliphatic heterocycles. The first kappa shape index (κ1) is 18.6. The van der Waals surface area contributed by atoms with E-state index in [1.807, 2.05) is 30.5 Å². The number of nitrogens with zero attached hydrogens (tertiary/aromatic N) is 1. The predicted octanol–water partition coefficient (Wildman–Crippen LogP) is 5.79. The molecule has 0 saturated heterocycles. The molecule has 1 N–H and O–H groups in total. The van der Waals surface area contributed by atoms with Crippen molar-refractivity contribution in [3.8, 4) is 5.88 Å². The molecular formula is C19H22Cl2N2O. The average molecular weight is 365 g/mol. The van der Waals surface area contributed by atoms with Gasteiger partial charge in [-0.1, -0.05) is 43.1 Å². The molecule has 0 bridgehead atoms. The van der Waals surface area contributed by atoms with Gasteiger partial charge >= 0.3 is 0 Å². The van der Waals surface area contributed by atoms with Gasteiger partial charge in [0.15, 0.2) is 0 Å². The second-order valence-corrected chi connectivity index (χ2v) is 6.25. The van der Waals surface area contributed by atoms with Crippen molar-refractivity contribution in [1.82, 2.24) is 9.97 Å². The topological polar surface area (TPSA) is 37.9 Å². The number of nitrogens with one attached hydrogen (secondary N) is 1. The zero-order chi connectivity index (χ0) is 16.4. The van der Waals surface area contributed by atoms with Crippen LogP contribution in [0.5, 0.6) is 5.88 Å². The zero-order valence-electron chi connectivity index (χ0n) is 14.1. The number of halogens is 2. The van der Waals surface area contributed by atoms with Gasteiger partial charge in [0.25, 0.3) is 0 Å². The van der Waals surface area contributed by atoms with E-state index in [-0.39, 0.29) is 12.4 Å². The lowest BCUT2D eigenvalue weighted by Gasteiger charge is -2.10. The SMILES string of the molecule is CCCc1cnc(OCc2ccccc2Cl)c2[nH]c(C)c(C)c12.Cl. The number of hydrogen-bond acceptors (Lipinski definition) is 2. The first-order chi connectivity index (χ1) is 11.1. The molecule has 24 heavy (non-hydrogen) atoms. The van der Waals surface area contributed by atoms with Crippen LogP contribution in [0.1, 0.15) is 35.7 Å². The first-order valence-electron chi connectivity index (χ1n) is 7.94. The minimum absolute atomic E-state index is 0. The van der Waals surface area contributed by atoms with E-state index in [4.69, 9.17) is 16.3 Å². The van der Waals surface area contributed by atoms with Crippen LogP contribution in [0, 0.1) is 13.8 Å². The summed E-state index contributed by atoms with van der Waals surface area (Å²) in [6.45, 7) is 6.82. The van der Waals surface area contributed by atoms with Crippen LogP contribution < -0.4 is 4.74 Å². The summed E-state index contributed by atoms with van der Waals surface area (Å²) in [5.74, 6) is 0.635. The molecule has 0 fully saturated rings. The summed E-state index contributed by atoms with van der Waals surface area (Å²) in [5.41, 5.74) is 5.65. The van der Waals surface area contributed by atoms with E-state index in [1.54, 1.807) is 0 Å². The maximum atomic E-state index is 6.20. The fourth-order valence-electron chi connectivity index (χ4n) is 2.88. The number of rotatable bonds is 5. The molecule has 0 amide bonds. The van der Waals surface area contributed by atoms with E-state index in [9.17, 15) is 0 Å². The lowest BCUT2D eigenvalue weighted by molar-refractivity contribution is 0.297. The average Bonchev–Trinajstić information content (AvgIpc) is 2.84.